The van der Waals surface area contributed by atoms with Gasteiger partial charge in [0.2, 0.25) is 0 Å². The van der Waals surface area contributed by atoms with Crippen molar-refractivity contribution in [2.45, 2.75) is 12.5 Å². The number of likely N-dealkylation sites (N-methyl/N-ethyl adjacent to an activating group) is 1. The number of carbonyl (C=O) groups is 1. The second-order valence-electron chi connectivity index (χ2n) is 5.50. The number of nitrogens with zero attached hydrogens (tertiary/aromatic N) is 1. The third-order valence-electron chi connectivity index (χ3n) is 3.68. The minimum atomic E-state index is 0.0526. The Morgan fingerprint density at radius 2 is 1.71 bits per heavy atom. The molecule has 3 nitrogen and oxygen atoms in total. The lowest BCUT2D eigenvalue weighted by Crippen LogP contribution is -2.30. The highest BCUT2D eigenvalue weighted by molar-refractivity contribution is 5.94. The normalized spacial score (nSPS) is 16.5. The predicted molar refractivity (Wildman–Crippen MR) is 82.4 cm³/mol. The van der Waals surface area contributed by atoms with Crippen molar-refractivity contribution >= 4 is 5.91 Å². The van der Waals surface area contributed by atoms with Crippen LogP contribution in [0.3, 0.4) is 0 Å². The van der Waals surface area contributed by atoms with E-state index in [1.165, 1.54) is 11.1 Å². The number of epoxide rings is 1. The lowest BCUT2D eigenvalue weighted by Gasteiger charge is -2.16. The number of benzene rings is 2. The van der Waals surface area contributed by atoms with Crippen LogP contribution in [0, 0.1) is 0 Å². The summed E-state index contributed by atoms with van der Waals surface area (Å²) in [7, 11) is 1.82. The van der Waals surface area contributed by atoms with Gasteiger partial charge in [0.1, 0.15) is 0 Å². The lowest BCUT2D eigenvalue weighted by atomic mass is 10.0. The van der Waals surface area contributed by atoms with Gasteiger partial charge in [0.15, 0.2) is 0 Å². The van der Waals surface area contributed by atoms with Crippen molar-refractivity contribution in [2.24, 2.45) is 0 Å². The molecule has 1 aliphatic heterocycles. The highest BCUT2D eigenvalue weighted by Gasteiger charge is 2.26. The molecule has 1 atom stereocenters. The minimum absolute atomic E-state index is 0.0526. The van der Waals surface area contributed by atoms with Crippen LogP contribution in [0.1, 0.15) is 21.5 Å². The smallest absolute Gasteiger partial charge is 0.253 e. The fraction of sp³-hybridized carbons (Fsp3) is 0.278. The summed E-state index contributed by atoms with van der Waals surface area (Å²) in [4.78, 5) is 14.0. The van der Waals surface area contributed by atoms with E-state index in [1.807, 2.05) is 49.5 Å². The molecule has 2 aromatic carbocycles. The highest BCUT2D eigenvalue weighted by atomic mass is 16.6. The van der Waals surface area contributed by atoms with Crippen molar-refractivity contribution in [3.8, 4) is 0 Å². The molecule has 108 valence electrons. The van der Waals surface area contributed by atoms with Gasteiger partial charge in [-0.25, -0.2) is 0 Å². The Morgan fingerprint density at radius 3 is 2.33 bits per heavy atom. The maximum Gasteiger partial charge on any atom is 0.253 e. The van der Waals surface area contributed by atoms with Gasteiger partial charge in [0.05, 0.1) is 12.7 Å². The fourth-order valence-electron chi connectivity index (χ4n) is 2.38. The molecular weight excluding hydrogens is 262 g/mol. The third kappa shape index (κ3) is 3.70. The van der Waals surface area contributed by atoms with Gasteiger partial charge in [-0.3, -0.25) is 4.79 Å². The van der Waals surface area contributed by atoms with E-state index in [0.717, 1.165) is 18.6 Å². The molecule has 0 radical (unpaired) electrons. The van der Waals surface area contributed by atoms with Crippen LogP contribution in [-0.4, -0.2) is 37.1 Å². The summed E-state index contributed by atoms with van der Waals surface area (Å²) >= 11 is 0. The molecule has 1 amide bonds. The molecule has 1 aliphatic rings. The van der Waals surface area contributed by atoms with E-state index >= 15 is 0 Å². The minimum Gasteiger partial charge on any atom is -0.371 e. The summed E-state index contributed by atoms with van der Waals surface area (Å²) in [5.41, 5.74) is 3.22. The second-order valence-corrected chi connectivity index (χ2v) is 5.50. The summed E-state index contributed by atoms with van der Waals surface area (Å²) in [5, 5.41) is 0. The van der Waals surface area contributed by atoms with E-state index in [2.05, 4.69) is 12.1 Å². The number of rotatable bonds is 5. The van der Waals surface area contributed by atoms with Crippen LogP contribution >= 0.6 is 0 Å². The molecule has 1 heterocycles. The Morgan fingerprint density at radius 1 is 1.10 bits per heavy atom. The maximum absolute atomic E-state index is 12.2. The average molecular weight is 281 g/mol. The fourth-order valence-corrected chi connectivity index (χ4v) is 2.38. The van der Waals surface area contributed by atoms with Crippen molar-refractivity contribution in [3.63, 3.8) is 0 Å². The molecule has 3 heteroatoms. The van der Waals surface area contributed by atoms with Crippen LogP contribution in [-0.2, 0) is 11.2 Å². The van der Waals surface area contributed by atoms with Gasteiger partial charge < -0.3 is 9.64 Å². The van der Waals surface area contributed by atoms with Crippen LogP contribution < -0.4 is 0 Å². The maximum atomic E-state index is 12.2. The van der Waals surface area contributed by atoms with Crippen molar-refractivity contribution in [1.29, 1.82) is 0 Å². The molecule has 1 unspecified atom stereocenters. The first-order chi connectivity index (χ1) is 10.2. The Kier molecular flexibility index (Phi) is 4.02. The summed E-state index contributed by atoms with van der Waals surface area (Å²) in [6.45, 7) is 1.44. The van der Waals surface area contributed by atoms with E-state index in [9.17, 15) is 4.79 Å². The van der Waals surface area contributed by atoms with Crippen LogP contribution in [0.2, 0.25) is 0 Å². The Hall–Kier alpha value is -2.13. The van der Waals surface area contributed by atoms with E-state index in [-0.39, 0.29) is 12.0 Å². The summed E-state index contributed by atoms with van der Waals surface area (Å²) < 4.78 is 5.16. The molecule has 2 aromatic rings. The van der Waals surface area contributed by atoms with E-state index in [1.54, 1.807) is 4.90 Å². The summed E-state index contributed by atoms with van der Waals surface area (Å²) in [6, 6.07) is 18.2. The summed E-state index contributed by atoms with van der Waals surface area (Å²) in [6.07, 6.45) is 1.12. The molecule has 0 bridgehead atoms. The van der Waals surface area contributed by atoms with Gasteiger partial charge in [-0.2, -0.15) is 0 Å². The largest absolute Gasteiger partial charge is 0.371 e. The van der Waals surface area contributed by atoms with Crippen LogP contribution in [0.4, 0.5) is 0 Å². The van der Waals surface area contributed by atoms with Crippen LogP contribution in [0.5, 0.6) is 0 Å². The number of hydrogen-bond donors (Lipinski definition) is 0. The Balaban J connectivity index is 1.64. The Bertz CT molecular complexity index is 603. The third-order valence-corrected chi connectivity index (χ3v) is 3.68. The van der Waals surface area contributed by atoms with Gasteiger partial charge in [-0.05, 0) is 29.7 Å². The van der Waals surface area contributed by atoms with Crippen molar-refractivity contribution in [1.82, 2.24) is 4.90 Å². The first kappa shape index (κ1) is 13.8. The SMILES string of the molecule is CN(CC1CO1)C(=O)c1ccc(Cc2ccccc2)cc1. The summed E-state index contributed by atoms with van der Waals surface area (Å²) in [5.74, 6) is 0.0526. The molecule has 0 aliphatic carbocycles. The molecule has 0 N–H and O–H groups in total. The van der Waals surface area contributed by atoms with E-state index < -0.39 is 0 Å². The highest BCUT2D eigenvalue weighted by Crippen LogP contribution is 2.14. The van der Waals surface area contributed by atoms with Gasteiger partial charge in [-0.15, -0.1) is 0 Å². The standard InChI is InChI=1S/C18H19NO2/c1-19(12-17-13-21-17)18(20)16-9-7-15(8-10-16)11-14-5-3-2-4-6-14/h2-10,17H,11-13H2,1H3. The molecule has 1 fully saturated rings. The van der Waals surface area contributed by atoms with Gasteiger partial charge >= 0.3 is 0 Å². The van der Waals surface area contributed by atoms with E-state index in [4.69, 9.17) is 4.74 Å². The number of hydrogen-bond acceptors (Lipinski definition) is 2. The zero-order valence-corrected chi connectivity index (χ0v) is 12.2. The van der Waals surface area contributed by atoms with Crippen LogP contribution in [0.15, 0.2) is 54.6 Å². The number of amides is 1. The number of ether oxygens (including phenoxy) is 1. The first-order valence-electron chi connectivity index (χ1n) is 7.22. The van der Waals surface area contributed by atoms with Gasteiger partial charge in [0, 0.05) is 19.2 Å². The van der Waals surface area contributed by atoms with Crippen molar-refractivity contribution in [2.75, 3.05) is 20.2 Å². The topological polar surface area (TPSA) is 32.8 Å². The average Bonchev–Trinajstić information content (AvgIpc) is 3.32. The van der Waals surface area contributed by atoms with E-state index in [0.29, 0.717) is 6.54 Å². The van der Waals surface area contributed by atoms with Crippen molar-refractivity contribution < 1.29 is 9.53 Å². The van der Waals surface area contributed by atoms with Crippen LogP contribution in [0.25, 0.3) is 0 Å². The molecule has 0 saturated carbocycles. The lowest BCUT2D eigenvalue weighted by molar-refractivity contribution is 0.0784. The first-order valence-corrected chi connectivity index (χ1v) is 7.22. The molecule has 1 saturated heterocycles. The Labute approximate surface area is 125 Å². The van der Waals surface area contributed by atoms with Crippen molar-refractivity contribution in [3.05, 3.63) is 71.3 Å². The molecule has 0 spiro atoms. The van der Waals surface area contributed by atoms with Gasteiger partial charge in [0.25, 0.3) is 5.91 Å². The molecular formula is C18H19NO2. The molecule has 21 heavy (non-hydrogen) atoms. The quantitative estimate of drug-likeness (QED) is 0.789. The zero-order valence-electron chi connectivity index (χ0n) is 12.2. The zero-order chi connectivity index (χ0) is 14.7. The molecule has 0 aromatic heterocycles. The number of carbonyl (C=O) groups excluding carboxylic acids is 1. The van der Waals surface area contributed by atoms with Gasteiger partial charge in [-0.1, -0.05) is 42.5 Å². The molecule has 3 rings (SSSR count). The second kappa shape index (κ2) is 6.10. The predicted octanol–water partition coefficient (Wildman–Crippen LogP) is 2.75. The monoisotopic (exact) mass is 281 g/mol.